The van der Waals surface area contributed by atoms with Gasteiger partial charge in [-0.15, -0.1) is 0 Å². The number of hydrogen-bond donors (Lipinski definition) is 1. The van der Waals surface area contributed by atoms with E-state index >= 15 is 0 Å². The van der Waals surface area contributed by atoms with Crippen LogP contribution in [0.1, 0.15) is 52.3 Å². The molecular weight excluding hydrogens is 264 g/mol. The molecule has 3 unspecified atom stereocenters. The summed E-state index contributed by atoms with van der Waals surface area (Å²) in [5.41, 5.74) is 0.581. The number of carbonyl (C=O) groups excluding carboxylic acids is 1. The number of ether oxygens (including phenoxy) is 1. The third kappa shape index (κ3) is 2.77. The molecule has 21 heavy (non-hydrogen) atoms. The van der Waals surface area contributed by atoms with E-state index in [4.69, 9.17) is 4.74 Å². The number of hydrogen-bond acceptors (Lipinski definition) is 3. The van der Waals surface area contributed by atoms with E-state index in [1.54, 1.807) is 7.11 Å². The standard InChI is InChI=1S/C17H26N2O2/c1-6-12(3)19-15(18-17(4,7-2)16(19)20)13-9-8-10-14(11-13)21-5/h8-12,15,18H,6-7H2,1-5H3. The molecule has 3 atom stereocenters. The predicted molar refractivity (Wildman–Crippen MR) is 84.2 cm³/mol. The number of benzene rings is 1. The Morgan fingerprint density at radius 2 is 2.14 bits per heavy atom. The highest BCUT2D eigenvalue weighted by Crippen LogP contribution is 2.35. The maximum Gasteiger partial charge on any atom is 0.244 e. The Morgan fingerprint density at radius 1 is 1.43 bits per heavy atom. The molecule has 4 nitrogen and oxygen atoms in total. The molecule has 0 aromatic heterocycles. The lowest BCUT2D eigenvalue weighted by Gasteiger charge is -2.30. The second kappa shape index (κ2) is 6.06. The van der Waals surface area contributed by atoms with Crippen molar-refractivity contribution in [3.8, 4) is 5.75 Å². The average Bonchev–Trinajstić information content (AvgIpc) is 2.79. The highest BCUT2D eigenvalue weighted by molar-refractivity contribution is 5.88. The van der Waals surface area contributed by atoms with Crippen molar-refractivity contribution in [1.29, 1.82) is 0 Å². The van der Waals surface area contributed by atoms with Crippen LogP contribution in [0.4, 0.5) is 0 Å². The maximum atomic E-state index is 12.8. The van der Waals surface area contributed by atoms with Gasteiger partial charge in [-0.1, -0.05) is 26.0 Å². The first-order valence-electron chi connectivity index (χ1n) is 7.71. The Hall–Kier alpha value is -1.55. The van der Waals surface area contributed by atoms with Gasteiger partial charge in [-0.2, -0.15) is 0 Å². The lowest BCUT2D eigenvalue weighted by atomic mass is 9.99. The van der Waals surface area contributed by atoms with Crippen molar-refractivity contribution in [2.45, 2.75) is 58.3 Å². The summed E-state index contributed by atoms with van der Waals surface area (Å²) < 4.78 is 5.31. The summed E-state index contributed by atoms with van der Waals surface area (Å²) in [7, 11) is 1.66. The second-order valence-corrected chi connectivity index (χ2v) is 5.98. The van der Waals surface area contributed by atoms with Crippen LogP contribution in [0.5, 0.6) is 5.75 Å². The SMILES string of the molecule is CCC(C)N1C(=O)C(C)(CC)NC1c1cccc(OC)c1. The topological polar surface area (TPSA) is 41.6 Å². The normalized spacial score (nSPS) is 27.0. The fraction of sp³-hybridized carbons (Fsp3) is 0.588. The van der Waals surface area contributed by atoms with E-state index < -0.39 is 5.54 Å². The summed E-state index contributed by atoms with van der Waals surface area (Å²) in [4.78, 5) is 14.8. The van der Waals surface area contributed by atoms with Gasteiger partial charge in [-0.25, -0.2) is 0 Å². The average molecular weight is 290 g/mol. The van der Waals surface area contributed by atoms with E-state index in [0.717, 1.165) is 24.2 Å². The molecular formula is C17H26N2O2. The Morgan fingerprint density at radius 3 is 2.71 bits per heavy atom. The van der Waals surface area contributed by atoms with Crippen molar-refractivity contribution in [2.75, 3.05) is 7.11 Å². The van der Waals surface area contributed by atoms with Crippen LogP contribution in [-0.4, -0.2) is 29.5 Å². The lowest BCUT2D eigenvalue weighted by Crippen LogP contribution is -2.44. The minimum absolute atomic E-state index is 0.0903. The molecule has 1 aromatic carbocycles. The van der Waals surface area contributed by atoms with Crippen LogP contribution in [-0.2, 0) is 4.79 Å². The van der Waals surface area contributed by atoms with E-state index in [1.165, 1.54) is 0 Å². The molecule has 0 aliphatic carbocycles. The van der Waals surface area contributed by atoms with Crippen molar-refractivity contribution >= 4 is 5.91 Å². The summed E-state index contributed by atoms with van der Waals surface area (Å²) >= 11 is 0. The lowest BCUT2D eigenvalue weighted by molar-refractivity contribution is -0.135. The molecule has 1 aliphatic rings. The quantitative estimate of drug-likeness (QED) is 0.906. The summed E-state index contributed by atoms with van der Waals surface area (Å²) in [5.74, 6) is 1.00. The van der Waals surface area contributed by atoms with Gasteiger partial charge in [0, 0.05) is 6.04 Å². The summed E-state index contributed by atoms with van der Waals surface area (Å²) in [6.07, 6.45) is 1.62. The molecule has 0 bridgehead atoms. The monoisotopic (exact) mass is 290 g/mol. The second-order valence-electron chi connectivity index (χ2n) is 5.98. The zero-order chi connectivity index (χ0) is 15.6. The number of nitrogens with one attached hydrogen (secondary N) is 1. The molecule has 1 aromatic rings. The summed E-state index contributed by atoms with van der Waals surface area (Å²) in [5, 5.41) is 3.52. The van der Waals surface area contributed by atoms with Crippen molar-refractivity contribution in [3.05, 3.63) is 29.8 Å². The summed E-state index contributed by atoms with van der Waals surface area (Å²) in [6, 6.07) is 8.14. The molecule has 116 valence electrons. The first-order valence-corrected chi connectivity index (χ1v) is 7.71. The molecule has 1 saturated heterocycles. The van der Waals surface area contributed by atoms with Gasteiger partial charge in [-0.05, 0) is 44.4 Å². The number of nitrogens with zero attached hydrogens (tertiary/aromatic N) is 1. The van der Waals surface area contributed by atoms with Gasteiger partial charge < -0.3 is 9.64 Å². The number of rotatable bonds is 5. The van der Waals surface area contributed by atoms with Crippen molar-refractivity contribution < 1.29 is 9.53 Å². The molecule has 0 saturated carbocycles. The predicted octanol–water partition coefficient (Wildman–Crippen LogP) is 3.09. The first kappa shape index (κ1) is 15.8. The fourth-order valence-corrected chi connectivity index (χ4v) is 2.80. The summed E-state index contributed by atoms with van der Waals surface area (Å²) in [6.45, 7) is 8.26. The van der Waals surface area contributed by atoms with Crippen molar-refractivity contribution in [1.82, 2.24) is 10.2 Å². The van der Waals surface area contributed by atoms with Gasteiger partial charge in [0.2, 0.25) is 5.91 Å². The highest BCUT2D eigenvalue weighted by atomic mass is 16.5. The molecule has 0 radical (unpaired) electrons. The van der Waals surface area contributed by atoms with Gasteiger partial charge in [0.05, 0.1) is 12.6 Å². The van der Waals surface area contributed by atoms with Crippen LogP contribution < -0.4 is 10.1 Å². The van der Waals surface area contributed by atoms with E-state index in [2.05, 4.69) is 19.2 Å². The fourth-order valence-electron chi connectivity index (χ4n) is 2.80. The largest absolute Gasteiger partial charge is 0.497 e. The van der Waals surface area contributed by atoms with Gasteiger partial charge in [0.1, 0.15) is 11.9 Å². The van der Waals surface area contributed by atoms with Crippen LogP contribution in [0.2, 0.25) is 0 Å². The van der Waals surface area contributed by atoms with Gasteiger partial charge >= 0.3 is 0 Å². The number of methoxy groups -OCH3 is 1. The number of amides is 1. The van der Waals surface area contributed by atoms with Gasteiger partial charge in [0.25, 0.3) is 0 Å². The molecule has 1 amide bonds. The Bertz CT molecular complexity index is 517. The van der Waals surface area contributed by atoms with E-state index in [-0.39, 0.29) is 18.1 Å². The van der Waals surface area contributed by atoms with Crippen LogP contribution in [0.25, 0.3) is 0 Å². The Kier molecular flexibility index (Phi) is 4.57. The third-order valence-electron chi connectivity index (χ3n) is 4.62. The minimum Gasteiger partial charge on any atom is -0.497 e. The first-order chi connectivity index (χ1) is 9.96. The van der Waals surface area contributed by atoms with E-state index in [0.29, 0.717) is 0 Å². The molecule has 1 heterocycles. The minimum atomic E-state index is -0.489. The molecule has 1 fully saturated rings. The zero-order valence-electron chi connectivity index (χ0n) is 13.6. The zero-order valence-corrected chi connectivity index (χ0v) is 13.6. The highest BCUT2D eigenvalue weighted by Gasteiger charge is 2.48. The Balaban J connectivity index is 2.41. The van der Waals surface area contributed by atoms with Crippen LogP contribution >= 0.6 is 0 Å². The Labute approximate surface area is 127 Å². The van der Waals surface area contributed by atoms with Crippen LogP contribution in [0, 0.1) is 0 Å². The smallest absolute Gasteiger partial charge is 0.244 e. The van der Waals surface area contributed by atoms with Crippen LogP contribution in [0.15, 0.2) is 24.3 Å². The van der Waals surface area contributed by atoms with Crippen molar-refractivity contribution in [3.63, 3.8) is 0 Å². The molecule has 4 heteroatoms. The van der Waals surface area contributed by atoms with Gasteiger partial charge in [0.15, 0.2) is 0 Å². The maximum absolute atomic E-state index is 12.8. The molecule has 0 spiro atoms. The molecule has 1 N–H and O–H groups in total. The van der Waals surface area contributed by atoms with Crippen LogP contribution in [0.3, 0.4) is 0 Å². The van der Waals surface area contributed by atoms with Gasteiger partial charge in [-0.3, -0.25) is 10.1 Å². The third-order valence-corrected chi connectivity index (χ3v) is 4.62. The van der Waals surface area contributed by atoms with Crippen molar-refractivity contribution in [2.24, 2.45) is 0 Å². The van der Waals surface area contributed by atoms with E-state index in [1.807, 2.05) is 43.0 Å². The van der Waals surface area contributed by atoms with E-state index in [9.17, 15) is 4.79 Å². The molecule has 2 rings (SSSR count). The molecule has 1 aliphatic heterocycles. The number of carbonyl (C=O) groups is 1.